The molecule has 1 N–H and O–H groups in total. The van der Waals surface area contributed by atoms with Crippen molar-refractivity contribution in [1.29, 1.82) is 0 Å². The highest BCUT2D eigenvalue weighted by molar-refractivity contribution is 9.10. The van der Waals surface area contributed by atoms with Crippen LogP contribution in [0, 0.1) is 0 Å². The van der Waals surface area contributed by atoms with Crippen LogP contribution in [-0.4, -0.2) is 47.1 Å². The summed E-state index contributed by atoms with van der Waals surface area (Å²) in [5.41, 5.74) is 0.214. The summed E-state index contributed by atoms with van der Waals surface area (Å²) in [4.78, 5) is 23.7. The van der Waals surface area contributed by atoms with Crippen molar-refractivity contribution >= 4 is 44.5 Å². The first-order valence-electron chi connectivity index (χ1n) is 9.22. The van der Waals surface area contributed by atoms with Gasteiger partial charge in [0.1, 0.15) is 0 Å². The van der Waals surface area contributed by atoms with Gasteiger partial charge in [-0.3, -0.25) is 0 Å². The summed E-state index contributed by atoms with van der Waals surface area (Å²) >= 11 is 3.37. The predicted molar refractivity (Wildman–Crippen MR) is 111 cm³/mol. The minimum atomic E-state index is -4.62. The molecule has 0 atom stereocenters. The minimum Gasteiger partial charge on any atom is -0.351 e. The highest BCUT2D eigenvalue weighted by Crippen LogP contribution is 2.35. The fourth-order valence-corrected chi connectivity index (χ4v) is 3.66. The maximum Gasteiger partial charge on any atom is 0.437 e. The molecule has 30 heavy (non-hydrogen) atoms. The van der Waals surface area contributed by atoms with E-state index < -0.39 is 11.9 Å². The Labute approximate surface area is 178 Å². The second-order valence-electron chi connectivity index (χ2n) is 6.77. The Bertz CT molecular complexity index is 1080. The Morgan fingerprint density at radius 3 is 2.17 bits per heavy atom. The van der Waals surface area contributed by atoms with E-state index in [0.29, 0.717) is 11.2 Å². The molecule has 1 aromatic heterocycles. The van der Waals surface area contributed by atoms with Crippen molar-refractivity contribution in [3.05, 3.63) is 58.7 Å². The first-order valence-corrected chi connectivity index (χ1v) is 10.0. The number of urea groups is 1. The van der Waals surface area contributed by atoms with Crippen molar-refractivity contribution in [2.75, 3.05) is 36.4 Å². The van der Waals surface area contributed by atoms with Crippen LogP contribution in [0.2, 0.25) is 0 Å². The molecule has 0 radical (unpaired) electrons. The van der Waals surface area contributed by atoms with Crippen LogP contribution in [0.1, 0.15) is 5.69 Å². The fraction of sp³-hybridized carbons (Fsp3) is 0.250. The number of halogens is 4. The normalized spacial score (nSPS) is 14.8. The average Bonchev–Trinajstić information content (AvgIpc) is 2.74. The molecular weight excluding hydrogens is 463 g/mol. The van der Waals surface area contributed by atoms with Crippen LogP contribution < -0.4 is 10.2 Å². The molecule has 1 fully saturated rings. The molecule has 4 rings (SSSR count). The van der Waals surface area contributed by atoms with Crippen molar-refractivity contribution in [3.8, 4) is 0 Å². The van der Waals surface area contributed by atoms with Crippen LogP contribution in [0.25, 0.3) is 11.0 Å². The Morgan fingerprint density at radius 2 is 1.53 bits per heavy atom. The first kappa shape index (κ1) is 20.4. The summed E-state index contributed by atoms with van der Waals surface area (Å²) in [5.74, 6) is -0.202. The lowest BCUT2D eigenvalue weighted by molar-refractivity contribution is -0.140. The van der Waals surface area contributed by atoms with Gasteiger partial charge in [-0.2, -0.15) is 13.2 Å². The second-order valence-corrected chi connectivity index (χ2v) is 7.62. The third-order valence-electron chi connectivity index (χ3n) is 4.80. The molecule has 1 saturated heterocycles. The summed E-state index contributed by atoms with van der Waals surface area (Å²) < 4.78 is 41.6. The van der Waals surface area contributed by atoms with Gasteiger partial charge in [-0.15, -0.1) is 0 Å². The number of nitrogens with zero attached hydrogens (tertiary/aromatic N) is 4. The van der Waals surface area contributed by atoms with E-state index in [0.717, 1.165) is 4.47 Å². The lowest BCUT2D eigenvalue weighted by atomic mass is 10.2. The number of rotatable bonds is 2. The second kappa shape index (κ2) is 8.10. The number of hydrogen-bond donors (Lipinski definition) is 1. The van der Waals surface area contributed by atoms with Crippen LogP contribution in [0.15, 0.2) is 53.0 Å². The maximum absolute atomic E-state index is 13.6. The number of para-hydroxylation sites is 3. The van der Waals surface area contributed by atoms with E-state index >= 15 is 0 Å². The molecule has 0 spiro atoms. The molecule has 0 aliphatic carbocycles. The fourth-order valence-electron chi connectivity index (χ4n) is 3.28. The van der Waals surface area contributed by atoms with Crippen LogP contribution in [0.5, 0.6) is 0 Å². The maximum atomic E-state index is 13.6. The molecule has 1 aliphatic heterocycles. The van der Waals surface area contributed by atoms with Gasteiger partial charge in [0.2, 0.25) is 0 Å². The first-order chi connectivity index (χ1) is 14.3. The van der Waals surface area contributed by atoms with E-state index in [1.165, 1.54) is 11.0 Å². The lowest BCUT2D eigenvalue weighted by Gasteiger charge is -2.36. The Morgan fingerprint density at radius 1 is 0.933 bits per heavy atom. The molecule has 1 aliphatic rings. The zero-order valence-corrected chi connectivity index (χ0v) is 17.2. The molecule has 0 saturated carbocycles. The highest BCUT2D eigenvalue weighted by Gasteiger charge is 2.39. The summed E-state index contributed by atoms with van der Waals surface area (Å²) in [5, 5.41) is 2.81. The molecule has 3 aromatic rings. The van der Waals surface area contributed by atoms with E-state index in [2.05, 4.69) is 31.2 Å². The van der Waals surface area contributed by atoms with Gasteiger partial charge in [-0.05, 0) is 40.2 Å². The average molecular weight is 480 g/mol. The molecule has 10 heteroatoms. The van der Waals surface area contributed by atoms with Crippen molar-refractivity contribution in [2.24, 2.45) is 0 Å². The van der Waals surface area contributed by atoms with Crippen LogP contribution in [0.3, 0.4) is 0 Å². The Kier molecular flexibility index (Phi) is 5.50. The van der Waals surface area contributed by atoms with Gasteiger partial charge in [0, 0.05) is 30.7 Å². The van der Waals surface area contributed by atoms with E-state index in [-0.39, 0.29) is 43.5 Å². The summed E-state index contributed by atoms with van der Waals surface area (Å²) in [6.45, 7) is 0.975. The zero-order valence-electron chi connectivity index (χ0n) is 15.7. The molecular formula is C20H17BrF3N5O. The summed E-state index contributed by atoms with van der Waals surface area (Å²) in [6, 6.07) is 13.4. The van der Waals surface area contributed by atoms with Gasteiger partial charge in [-0.25, -0.2) is 14.8 Å². The molecule has 0 bridgehead atoms. The highest BCUT2D eigenvalue weighted by atomic mass is 79.9. The number of aromatic nitrogens is 2. The number of amides is 2. The molecule has 2 aromatic carbocycles. The van der Waals surface area contributed by atoms with Gasteiger partial charge in [0.25, 0.3) is 0 Å². The molecule has 6 nitrogen and oxygen atoms in total. The number of piperazine rings is 1. The third-order valence-corrected chi connectivity index (χ3v) is 5.49. The number of hydrogen-bond acceptors (Lipinski definition) is 4. The standard InChI is InChI=1S/C20H17BrF3N5O/c21-13-5-1-2-6-14(13)27-19(30)29-11-9-28(10-12-29)18-17(20(22,23)24)25-15-7-3-4-8-16(15)26-18/h1-8H,9-12H2,(H,27,30). The van der Waals surface area contributed by atoms with E-state index in [4.69, 9.17) is 0 Å². The number of carbonyl (C=O) groups excluding carboxylic acids is 1. The predicted octanol–water partition coefficient (Wildman–Crippen LogP) is 4.77. The molecule has 2 amide bonds. The van der Waals surface area contributed by atoms with Crippen LogP contribution in [-0.2, 0) is 6.18 Å². The van der Waals surface area contributed by atoms with Gasteiger partial charge < -0.3 is 15.1 Å². The quantitative estimate of drug-likeness (QED) is 0.575. The van der Waals surface area contributed by atoms with Crippen LogP contribution >= 0.6 is 15.9 Å². The van der Waals surface area contributed by atoms with Gasteiger partial charge in [-0.1, -0.05) is 24.3 Å². The SMILES string of the molecule is O=C(Nc1ccccc1Br)N1CCN(c2nc3ccccc3nc2C(F)(F)F)CC1. The third kappa shape index (κ3) is 4.18. The molecule has 156 valence electrons. The Balaban J connectivity index is 1.52. The van der Waals surface area contributed by atoms with Crippen molar-refractivity contribution in [2.45, 2.75) is 6.18 Å². The van der Waals surface area contributed by atoms with Crippen molar-refractivity contribution in [3.63, 3.8) is 0 Å². The van der Waals surface area contributed by atoms with Crippen LogP contribution in [0.4, 0.5) is 29.5 Å². The largest absolute Gasteiger partial charge is 0.437 e. The van der Waals surface area contributed by atoms with Gasteiger partial charge in [0.15, 0.2) is 11.5 Å². The Hall–Kier alpha value is -2.88. The number of carbonyl (C=O) groups is 1. The number of alkyl halides is 3. The summed E-state index contributed by atoms with van der Waals surface area (Å²) in [6.07, 6.45) is -4.62. The van der Waals surface area contributed by atoms with Gasteiger partial charge in [0.05, 0.1) is 16.7 Å². The van der Waals surface area contributed by atoms with Gasteiger partial charge >= 0.3 is 12.2 Å². The topological polar surface area (TPSA) is 61.4 Å². The smallest absolute Gasteiger partial charge is 0.351 e. The van der Waals surface area contributed by atoms with Crippen molar-refractivity contribution in [1.82, 2.24) is 14.9 Å². The van der Waals surface area contributed by atoms with Crippen molar-refractivity contribution < 1.29 is 18.0 Å². The van der Waals surface area contributed by atoms with E-state index in [9.17, 15) is 18.0 Å². The lowest BCUT2D eigenvalue weighted by Crippen LogP contribution is -2.50. The minimum absolute atomic E-state index is 0.194. The number of benzene rings is 2. The number of anilines is 2. The molecule has 2 heterocycles. The number of nitrogens with one attached hydrogen (secondary N) is 1. The van der Waals surface area contributed by atoms with E-state index in [1.54, 1.807) is 35.2 Å². The summed E-state index contributed by atoms with van der Waals surface area (Å²) in [7, 11) is 0. The molecule has 0 unspecified atom stereocenters. The number of fused-ring (bicyclic) bond motifs is 1. The van der Waals surface area contributed by atoms with E-state index in [1.807, 2.05) is 12.1 Å². The monoisotopic (exact) mass is 479 g/mol. The zero-order chi connectivity index (χ0) is 21.3.